The highest BCUT2D eigenvalue weighted by molar-refractivity contribution is 5.66. The van der Waals surface area contributed by atoms with Crippen LogP contribution >= 0.6 is 0 Å². The Hall–Kier alpha value is -1.42. The third-order valence-electron chi connectivity index (χ3n) is 3.05. The third-order valence-corrected chi connectivity index (χ3v) is 3.05. The number of phenolic OH excluding ortho intramolecular Hbond substituents is 2. The van der Waals surface area contributed by atoms with Crippen LogP contribution in [0.1, 0.15) is 25.7 Å². The summed E-state index contributed by atoms with van der Waals surface area (Å²) in [5.41, 5.74) is 0.521. The molecular weight excluding hydrogens is 228 g/mol. The number of para-hydroxylation sites is 1. The first-order chi connectivity index (χ1) is 8.66. The molecule has 4 nitrogen and oxygen atoms in total. The van der Waals surface area contributed by atoms with Gasteiger partial charge in [-0.2, -0.15) is 0 Å². The van der Waals surface area contributed by atoms with Crippen molar-refractivity contribution >= 4 is 5.69 Å². The second-order valence-electron chi connectivity index (χ2n) is 4.58. The van der Waals surface area contributed by atoms with Crippen molar-refractivity contribution in [2.45, 2.75) is 25.7 Å². The number of hydrogen-bond acceptors (Lipinski definition) is 4. The lowest BCUT2D eigenvalue weighted by Crippen LogP contribution is -2.18. The summed E-state index contributed by atoms with van der Waals surface area (Å²) in [5, 5.41) is 22.6. The van der Waals surface area contributed by atoms with Gasteiger partial charge in [0.2, 0.25) is 0 Å². The summed E-state index contributed by atoms with van der Waals surface area (Å²) >= 11 is 0. The van der Waals surface area contributed by atoms with Crippen molar-refractivity contribution in [1.82, 2.24) is 5.32 Å². The maximum Gasteiger partial charge on any atom is 0.142 e. The van der Waals surface area contributed by atoms with Crippen molar-refractivity contribution in [2.24, 2.45) is 0 Å². The fourth-order valence-electron chi connectivity index (χ4n) is 2.03. The van der Waals surface area contributed by atoms with Gasteiger partial charge in [0.1, 0.15) is 17.2 Å². The lowest BCUT2D eigenvalue weighted by atomic mass is 10.1. The van der Waals surface area contributed by atoms with Crippen LogP contribution in [0.2, 0.25) is 0 Å². The molecular formula is C14H24N2O2. The minimum atomic E-state index is 0.132. The molecule has 1 rings (SSSR count). The van der Waals surface area contributed by atoms with Crippen LogP contribution in [0.4, 0.5) is 5.69 Å². The number of benzene rings is 1. The summed E-state index contributed by atoms with van der Waals surface area (Å²) in [4.78, 5) is 1.91. The Morgan fingerprint density at radius 3 is 2.28 bits per heavy atom. The van der Waals surface area contributed by atoms with Gasteiger partial charge in [-0.05, 0) is 38.6 Å². The maximum absolute atomic E-state index is 9.72. The minimum absolute atomic E-state index is 0.132. The van der Waals surface area contributed by atoms with E-state index in [-0.39, 0.29) is 11.5 Å². The van der Waals surface area contributed by atoms with E-state index in [4.69, 9.17) is 0 Å². The van der Waals surface area contributed by atoms with Crippen molar-refractivity contribution < 1.29 is 10.2 Å². The van der Waals surface area contributed by atoms with Crippen molar-refractivity contribution in [3.8, 4) is 11.5 Å². The van der Waals surface area contributed by atoms with Gasteiger partial charge in [-0.15, -0.1) is 0 Å². The summed E-state index contributed by atoms with van der Waals surface area (Å²) in [6, 6.07) is 4.83. The third kappa shape index (κ3) is 4.45. The van der Waals surface area contributed by atoms with Crippen molar-refractivity contribution in [2.75, 3.05) is 32.1 Å². The molecule has 0 aliphatic rings. The summed E-state index contributed by atoms with van der Waals surface area (Å²) in [7, 11) is 3.86. The van der Waals surface area contributed by atoms with Crippen LogP contribution in [-0.2, 0) is 0 Å². The molecule has 0 aliphatic carbocycles. The quantitative estimate of drug-likeness (QED) is 0.621. The number of rotatable bonds is 8. The molecule has 0 bridgehead atoms. The van der Waals surface area contributed by atoms with Gasteiger partial charge in [-0.25, -0.2) is 0 Å². The second kappa shape index (κ2) is 7.82. The normalized spacial score (nSPS) is 10.6. The number of aromatic hydroxyl groups is 2. The molecule has 1 aromatic rings. The van der Waals surface area contributed by atoms with Crippen LogP contribution in [0.15, 0.2) is 18.2 Å². The number of nitrogens with zero attached hydrogens (tertiary/aromatic N) is 1. The summed E-state index contributed by atoms with van der Waals surface area (Å²) < 4.78 is 0. The van der Waals surface area contributed by atoms with Crippen LogP contribution < -0.4 is 10.2 Å². The molecule has 0 fully saturated rings. The van der Waals surface area contributed by atoms with E-state index in [0.717, 1.165) is 19.5 Å². The Morgan fingerprint density at radius 2 is 1.67 bits per heavy atom. The topological polar surface area (TPSA) is 55.7 Å². The van der Waals surface area contributed by atoms with E-state index in [2.05, 4.69) is 5.32 Å². The molecule has 18 heavy (non-hydrogen) atoms. The van der Waals surface area contributed by atoms with Gasteiger partial charge in [-0.3, -0.25) is 0 Å². The van der Waals surface area contributed by atoms with Gasteiger partial charge < -0.3 is 20.4 Å². The fourth-order valence-corrected chi connectivity index (χ4v) is 2.03. The minimum Gasteiger partial charge on any atom is -0.506 e. The molecule has 0 saturated heterocycles. The predicted octanol–water partition coefficient (Wildman–Crippen LogP) is 2.31. The molecule has 0 heterocycles. The van der Waals surface area contributed by atoms with Gasteiger partial charge in [-0.1, -0.05) is 18.9 Å². The van der Waals surface area contributed by atoms with Crippen LogP contribution in [0, 0.1) is 0 Å². The van der Waals surface area contributed by atoms with Gasteiger partial charge in [0.15, 0.2) is 0 Å². The molecule has 0 amide bonds. The second-order valence-corrected chi connectivity index (χ2v) is 4.58. The lowest BCUT2D eigenvalue weighted by molar-refractivity contribution is 0.449. The molecule has 0 aromatic heterocycles. The Balaban J connectivity index is 2.34. The number of hydrogen-bond donors (Lipinski definition) is 3. The largest absolute Gasteiger partial charge is 0.506 e. The van der Waals surface area contributed by atoms with Crippen LogP contribution in [-0.4, -0.2) is 37.4 Å². The average molecular weight is 252 g/mol. The molecule has 3 N–H and O–H groups in total. The highest BCUT2D eigenvalue weighted by Gasteiger charge is 2.11. The van der Waals surface area contributed by atoms with Crippen molar-refractivity contribution in [3.63, 3.8) is 0 Å². The summed E-state index contributed by atoms with van der Waals surface area (Å²) in [5.74, 6) is 0.264. The zero-order valence-electron chi connectivity index (χ0n) is 11.3. The molecule has 102 valence electrons. The van der Waals surface area contributed by atoms with E-state index >= 15 is 0 Å². The molecule has 0 aliphatic heterocycles. The average Bonchev–Trinajstić information content (AvgIpc) is 2.33. The van der Waals surface area contributed by atoms with Crippen molar-refractivity contribution in [3.05, 3.63) is 18.2 Å². The van der Waals surface area contributed by atoms with Gasteiger partial charge in [0.25, 0.3) is 0 Å². The molecule has 1 aromatic carbocycles. The zero-order chi connectivity index (χ0) is 13.4. The van der Waals surface area contributed by atoms with Gasteiger partial charge in [0.05, 0.1) is 0 Å². The number of phenols is 2. The van der Waals surface area contributed by atoms with Crippen LogP contribution in [0.5, 0.6) is 11.5 Å². The van der Waals surface area contributed by atoms with Crippen molar-refractivity contribution in [1.29, 1.82) is 0 Å². The fraction of sp³-hybridized carbons (Fsp3) is 0.571. The van der Waals surface area contributed by atoms with Crippen LogP contribution in [0.25, 0.3) is 0 Å². The van der Waals surface area contributed by atoms with E-state index in [9.17, 15) is 10.2 Å². The summed E-state index contributed by atoms with van der Waals surface area (Å²) in [6.07, 6.45) is 4.64. The first-order valence-corrected chi connectivity index (χ1v) is 6.53. The van der Waals surface area contributed by atoms with Crippen LogP contribution in [0.3, 0.4) is 0 Å². The van der Waals surface area contributed by atoms with E-state index in [1.807, 2.05) is 19.0 Å². The van der Waals surface area contributed by atoms with E-state index < -0.39 is 0 Å². The van der Waals surface area contributed by atoms with Gasteiger partial charge in [0, 0.05) is 13.6 Å². The standard InChI is InChI=1S/C14H24N2O2/c1-15-10-5-3-4-6-11-16(2)14-12(17)8-7-9-13(14)18/h7-9,15,17-18H,3-6,10-11H2,1-2H3. The SMILES string of the molecule is CNCCCCCCN(C)c1c(O)cccc1O. The number of anilines is 1. The molecule has 0 spiro atoms. The zero-order valence-corrected chi connectivity index (χ0v) is 11.3. The van der Waals surface area contributed by atoms with Gasteiger partial charge >= 0.3 is 0 Å². The maximum atomic E-state index is 9.72. The Kier molecular flexibility index (Phi) is 6.36. The molecule has 4 heteroatoms. The lowest BCUT2D eigenvalue weighted by Gasteiger charge is -2.21. The highest BCUT2D eigenvalue weighted by Crippen LogP contribution is 2.35. The smallest absolute Gasteiger partial charge is 0.142 e. The Morgan fingerprint density at radius 1 is 1.06 bits per heavy atom. The first-order valence-electron chi connectivity index (χ1n) is 6.53. The summed E-state index contributed by atoms with van der Waals surface area (Å²) in [6.45, 7) is 1.90. The highest BCUT2D eigenvalue weighted by atomic mass is 16.3. The Labute approximate surface area is 109 Å². The molecule has 0 atom stereocenters. The number of nitrogens with one attached hydrogen (secondary N) is 1. The molecule has 0 unspecified atom stereocenters. The monoisotopic (exact) mass is 252 g/mol. The predicted molar refractivity (Wildman–Crippen MR) is 75.4 cm³/mol. The molecule has 0 saturated carbocycles. The number of unbranched alkanes of at least 4 members (excludes halogenated alkanes) is 3. The Bertz CT molecular complexity index is 335. The van der Waals surface area contributed by atoms with E-state index in [1.165, 1.54) is 19.3 Å². The molecule has 0 radical (unpaired) electrons. The first kappa shape index (κ1) is 14.6. The van der Waals surface area contributed by atoms with E-state index in [1.54, 1.807) is 18.2 Å². The van der Waals surface area contributed by atoms with E-state index in [0.29, 0.717) is 5.69 Å².